The summed E-state index contributed by atoms with van der Waals surface area (Å²) < 4.78 is 0. The summed E-state index contributed by atoms with van der Waals surface area (Å²) in [6.07, 6.45) is 2.94. The summed E-state index contributed by atoms with van der Waals surface area (Å²) in [7, 11) is 0. The SMILES string of the molecule is CC(=O)CCc1ncc2ccccc2n1. The number of carbonyl (C=O) groups excluding carboxylic acids is 1. The third-order valence-electron chi connectivity index (χ3n) is 2.24. The number of rotatable bonds is 3. The molecule has 0 spiro atoms. The second kappa shape index (κ2) is 4.17. The molecule has 0 atom stereocenters. The maximum Gasteiger partial charge on any atom is 0.130 e. The Kier molecular flexibility index (Phi) is 2.72. The Labute approximate surface area is 88.2 Å². The Bertz CT molecular complexity index is 494. The molecule has 0 amide bonds. The molecule has 3 heteroatoms. The molecular formula is C12H12N2O. The maximum atomic E-state index is 10.8. The van der Waals surface area contributed by atoms with Gasteiger partial charge in [0.25, 0.3) is 0 Å². The zero-order valence-electron chi connectivity index (χ0n) is 8.60. The largest absolute Gasteiger partial charge is 0.300 e. The first kappa shape index (κ1) is 9.77. The molecule has 0 aliphatic heterocycles. The monoisotopic (exact) mass is 200 g/mol. The summed E-state index contributed by atoms with van der Waals surface area (Å²) in [5.74, 6) is 0.913. The summed E-state index contributed by atoms with van der Waals surface area (Å²) in [5, 5.41) is 1.03. The van der Waals surface area contributed by atoms with Gasteiger partial charge in [-0.05, 0) is 13.0 Å². The summed E-state index contributed by atoms with van der Waals surface area (Å²) in [4.78, 5) is 19.4. The number of aryl methyl sites for hydroxylation is 1. The van der Waals surface area contributed by atoms with Gasteiger partial charge in [-0.3, -0.25) is 0 Å². The normalized spacial score (nSPS) is 10.5. The van der Waals surface area contributed by atoms with Crippen molar-refractivity contribution < 1.29 is 4.79 Å². The van der Waals surface area contributed by atoms with Gasteiger partial charge >= 0.3 is 0 Å². The van der Waals surface area contributed by atoms with Gasteiger partial charge in [0.2, 0.25) is 0 Å². The van der Waals surface area contributed by atoms with Gasteiger partial charge in [0.05, 0.1) is 5.52 Å². The van der Waals surface area contributed by atoms with E-state index in [1.165, 1.54) is 0 Å². The predicted octanol–water partition coefficient (Wildman–Crippen LogP) is 2.15. The number of carbonyl (C=O) groups is 1. The zero-order valence-corrected chi connectivity index (χ0v) is 8.60. The fraction of sp³-hybridized carbons (Fsp3) is 0.250. The first-order valence-electron chi connectivity index (χ1n) is 4.96. The van der Waals surface area contributed by atoms with E-state index in [1.807, 2.05) is 24.3 Å². The van der Waals surface area contributed by atoms with Crippen LogP contribution in [0.25, 0.3) is 10.9 Å². The Hall–Kier alpha value is -1.77. The molecule has 0 saturated carbocycles. The Morgan fingerprint density at radius 3 is 2.93 bits per heavy atom. The average molecular weight is 200 g/mol. The lowest BCUT2D eigenvalue weighted by Gasteiger charge is -2.00. The highest BCUT2D eigenvalue weighted by Gasteiger charge is 2.01. The number of hydrogen-bond acceptors (Lipinski definition) is 3. The van der Waals surface area contributed by atoms with Gasteiger partial charge in [0, 0.05) is 24.4 Å². The predicted molar refractivity (Wildman–Crippen MR) is 58.5 cm³/mol. The standard InChI is InChI=1S/C12H12N2O/c1-9(15)6-7-12-13-8-10-4-2-3-5-11(10)14-12/h2-5,8H,6-7H2,1H3. The fourth-order valence-corrected chi connectivity index (χ4v) is 1.42. The van der Waals surface area contributed by atoms with Crippen LogP contribution in [0.1, 0.15) is 19.2 Å². The molecule has 0 aliphatic carbocycles. The zero-order chi connectivity index (χ0) is 10.7. The molecule has 2 rings (SSSR count). The molecule has 0 N–H and O–H groups in total. The Morgan fingerprint density at radius 2 is 2.13 bits per heavy atom. The van der Waals surface area contributed by atoms with Crippen LogP contribution in [-0.4, -0.2) is 15.8 Å². The highest BCUT2D eigenvalue weighted by molar-refractivity contribution is 5.77. The quantitative estimate of drug-likeness (QED) is 0.762. The number of Topliss-reactive ketones (excluding diaryl/α,β-unsaturated/α-hetero) is 1. The highest BCUT2D eigenvalue weighted by atomic mass is 16.1. The van der Waals surface area contributed by atoms with Crippen molar-refractivity contribution in [2.24, 2.45) is 0 Å². The topological polar surface area (TPSA) is 42.9 Å². The van der Waals surface area contributed by atoms with Crippen LogP contribution in [0.3, 0.4) is 0 Å². The van der Waals surface area contributed by atoms with E-state index in [9.17, 15) is 4.79 Å². The van der Waals surface area contributed by atoms with Gasteiger partial charge in [-0.1, -0.05) is 18.2 Å². The van der Waals surface area contributed by atoms with E-state index in [4.69, 9.17) is 0 Å². The van der Waals surface area contributed by atoms with Gasteiger partial charge in [0.1, 0.15) is 11.6 Å². The van der Waals surface area contributed by atoms with E-state index in [0.29, 0.717) is 12.8 Å². The van der Waals surface area contributed by atoms with E-state index < -0.39 is 0 Å². The summed E-state index contributed by atoms with van der Waals surface area (Å²) in [6.45, 7) is 1.58. The molecule has 0 aliphatic rings. The van der Waals surface area contributed by atoms with Crippen molar-refractivity contribution >= 4 is 16.7 Å². The lowest BCUT2D eigenvalue weighted by atomic mass is 10.2. The molecule has 15 heavy (non-hydrogen) atoms. The molecule has 2 aromatic rings. The van der Waals surface area contributed by atoms with Crippen LogP contribution < -0.4 is 0 Å². The number of para-hydroxylation sites is 1. The number of benzene rings is 1. The number of fused-ring (bicyclic) bond motifs is 1. The van der Waals surface area contributed by atoms with Crippen LogP contribution in [0.2, 0.25) is 0 Å². The molecule has 1 aromatic carbocycles. The number of aromatic nitrogens is 2. The third kappa shape index (κ3) is 2.37. The van der Waals surface area contributed by atoms with Gasteiger partial charge < -0.3 is 4.79 Å². The van der Waals surface area contributed by atoms with Crippen molar-refractivity contribution in [3.8, 4) is 0 Å². The molecule has 1 heterocycles. The van der Waals surface area contributed by atoms with E-state index in [2.05, 4.69) is 9.97 Å². The maximum absolute atomic E-state index is 10.8. The fourth-order valence-electron chi connectivity index (χ4n) is 1.42. The Morgan fingerprint density at radius 1 is 1.33 bits per heavy atom. The number of nitrogens with zero attached hydrogens (tertiary/aromatic N) is 2. The van der Waals surface area contributed by atoms with E-state index in [-0.39, 0.29) is 5.78 Å². The minimum atomic E-state index is 0.173. The van der Waals surface area contributed by atoms with Crippen molar-refractivity contribution in [1.82, 2.24) is 9.97 Å². The van der Waals surface area contributed by atoms with Crippen molar-refractivity contribution in [2.45, 2.75) is 19.8 Å². The van der Waals surface area contributed by atoms with Crippen molar-refractivity contribution in [2.75, 3.05) is 0 Å². The van der Waals surface area contributed by atoms with Crippen molar-refractivity contribution in [3.05, 3.63) is 36.3 Å². The van der Waals surface area contributed by atoms with Crippen LogP contribution in [0, 0.1) is 0 Å². The van der Waals surface area contributed by atoms with Crippen LogP contribution in [-0.2, 0) is 11.2 Å². The van der Waals surface area contributed by atoms with Crippen molar-refractivity contribution in [3.63, 3.8) is 0 Å². The third-order valence-corrected chi connectivity index (χ3v) is 2.24. The van der Waals surface area contributed by atoms with Crippen molar-refractivity contribution in [1.29, 1.82) is 0 Å². The van der Waals surface area contributed by atoms with Crippen LogP contribution in [0.15, 0.2) is 30.5 Å². The minimum absolute atomic E-state index is 0.173. The van der Waals surface area contributed by atoms with Crippen LogP contribution in [0.5, 0.6) is 0 Å². The Balaban J connectivity index is 2.26. The second-order valence-electron chi connectivity index (χ2n) is 3.55. The average Bonchev–Trinajstić information content (AvgIpc) is 2.26. The molecule has 0 saturated heterocycles. The van der Waals surface area contributed by atoms with Crippen LogP contribution in [0.4, 0.5) is 0 Å². The van der Waals surface area contributed by atoms with E-state index in [0.717, 1.165) is 16.7 Å². The summed E-state index contributed by atoms with van der Waals surface area (Å²) in [5.41, 5.74) is 0.936. The van der Waals surface area contributed by atoms with Gasteiger partial charge in [-0.15, -0.1) is 0 Å². The molecule has 76 valence electrons. The highest BCUT2D eigenvalue weighted by Crippen LogP contribution is 2.10. The lowest BCUT2D eigenvalue weighted by molar-refractivity contribution is -0.117. The van der Waals surface area contributed by atoms with Crippen LogP contribution >= 0.6 is 0 Å². The number of hydrogen-bond donors (Lipinski definition) is 0. The van der Waals surface area contributed by atoms with E-state index >= 15 is 0 Å². The molecule has 0 fully saturated rings. The molecule has 0 bridgehead atoms. The second-order valence-corrected chi connectivity index (χ2v) is 3.55. The summed E-state index contributed by atoms with van der Waals surface area (Å²) in [6, 6.07) is 7.84. The van der Waals surface area contributed by atoms with Gasteiger partial charge in [-0.25, -0.2) is 9.97 Å². The lowest BCUT2D eigenvalue weighted by Crippen LogP contribution is -1.99. The smallest absolute Gasteiger partial charge is 0.130 e. The molecule has 0 radical (unpaired) electrons. The first-order valence-corrected chi connectivity index (χ1v) is 4.96. The summed E-state index contributed by atoms with van der Waals surface area (Å²) >= 11 is 0. The molecular weight excluding hydrogens is 188 g/mol. The van der Waals surface area contributed by atoms with E-state index in [1.54, 1.807) is 13.1 Å². The van der Waals surface area contributed by atoms with Gasteiger partial charge in [0.15, 0.2) is 0 Å². The molecule has 1 aromatic heterocycles. The minimum Gasteiger partial charge on any atom is -0.300 e. The molecule has 3 nitrogen and oxygen atoms in total. The molecule has 0 unspecified atom stereocenters. The number of ketones is 1. The first-order chi connectivity index (χ1) is 7.25. The van der Waals surface area contributed by atoms with Gasteiger partial charge in [-0.2, -0.15) is 0 Å².